The smallest absolute Gasteiger partial charge is 0.387 e. The highest BCUT2D eigenvalue weighted by atomic mass is 32.1. The van der Waals surface area contributed by atoms with Gasteiger partial charge in [0.2, 0.25) is 0 Å². The van der Waals surface area contributed by atoms with Crippen molar-refractivity contribution in [2.24, 2.45) is 5.92 Å². The molecule has 0 spiro atoms. The Kier molecular flexibility index (Phi) is 4.56. The molecule has 1 aromatic carbocycles. The number of hydrogen-bond acceptors (Lipinski definition) is 4. The topological polar surface area (TPSA) is 51.2 Å². The minimum absolute atomic E-state index is 0.0234. The maximum Gasteiger partial charge on any atom is 0.387 e. The van der Waals surface area contributed by atoms with Crippen LogP contribution >= 0.6 is 11.3 Å². The highest BCUT2D eigenvalue weighted by Gasteiger charge is 2.20. The van der Waals surface area contributed by atoms with Crippen molar-refractivity contribution < 1.29 is 18.3 Å². The monoisotopic (exact) mass is 338 g/mol. The summed E-state index contributed by atoms with van der Waals surface area (Å²) in [5.41, 5.74) is 1.44. The number of hydrogen-bond donors (Lipinski definition) is 1. The molecule has 4 nitrogen and oxygen atoms in total. The molecule has 7 heteroatoms. The molecule has 122 valence electrons. The molecule has 23 heavy (non-hydrogen) atoms. The fourth-order valence-corrected chi connectivity index (χ4v) is 3.72. The lowest BCUT2D eigenvalue weighted by Crippen LogP contribution is -2.12. The molecule has 0 bridgehead atoms. The third-order valence-corrected chi connectivity index (χ3v) is 4.78. The molecule has 0 radical (unpaired) electrons. The van der Waals surface area contributed by atoms with Crippen molar-refractivity contribution in [2.75, 3.05) is 5.32 Å². The van der Waals surface area contributed by atoms with Gasteiger partial charge < -0.3 is 4.74 Å². The van der Waals surface area contributed by atoms with E-state index in [-0.39, 0.29) is 11.7 Å². The average molecular weight is 338 g/mol. The summed E-state index contributed by atoms with van der Waals surface area (Å²) in [5, 5.41) is 3.36. The van der Waals surface area contributed by atoms with Crippen molar-refractivity contribution in [1.82, 2.24) is 4.98 Å². The Bertz CT molecular complexity index is 701. The van der Waals surface area contributed by atoms with Crippen LogP contribution in [0.3, 0.4) is 0 Å². The van der Waals surface area contributed by atoms with E-state index in [0.29, 0.717) is 16.6 Å². The van der Waals surface area contributed by atoms with Gasteiger partial charge in [0.05, 0.1) is 5.69 Å². The van der Waals surface area contributed by atoms with Crippen LogP contribution in [0.15, 0.2) is 24.3 Å². The summed E-state index contributed by atoms with van der Waals surface area (Å²) >= 11 is 1.51. The molecule has 1 heterocycles. The van der Waals surface area contributed by atoms with E-state index >= 15 is 0 Å². The normalized spacial score (nSPS) is 17.0. The molecule has 1 amide bonds. The number of alkyl halides is 2. The number of nitrogens with one attached hydrogen (secondary N) is 1. The number of carbonyl (C=O) groups excluding carboxylic acids is 1. The average Bonchev–Trinajstić information content (AvgIpc) is 2.88. The number of benzene rings is 1. The number of thiazole rings is 1. The number of rotatable bonds is 4. The molecule has 1 atom stereocenters. The number of fused-ring (bicyclic) bond motifs is 1. The Morgan fingerprint density at radius 3 is 2.83 bits per heavy atom. The zero-order chi connectivity index (χ0) is 16.4. The highest BCUT2D eigenvalue weighted by molar-refractivity contribution is 7.15. The number of ether oxygens (including phenoxy) is 1. The van der Waals surface area contributed by atoms with E-state index in [1.807, 2.05) is 0 Å². The molecule has 1 aliphatic rings. The maximum atomic E-state index is 12.2. The van der Waals surface area contributed by atoms with E-state index in [2.05, 4.69) is 22.0 Å². The summed E-state index contributed by atoms with van der Waals surface area (Å²) in [7, 11) is 0. The molecule has 0 unspecified atom stereocenters. The Morgan fingerprint density at radius 2 is 2.13 bits per heavy atom. The number of carbonyl (C=O) groups is 1. The molecule has 1 aromatic heterocycles. The predicted octanol–water partition coefficient (Wildman–Crippen LogP) is 4.12. The van der Waals surface area contributed by atoms with Crippen LogP contribution in [0.4, 0.5) is 13.9 Å². The zero-order valence-corrected chi connectivity index (χ0v) is 13.3. The van der Waals surface area contributed by atoms with E-state index < -0.39 is 6.61 Å². The van der Waals surface area contributed by atoms with E-state index in [1.165, 1.54) is 40.5 Å². The van der Waals surface area contributed by atoms with Crippen LogP contribution in [0.1, 0.15) is 34.3 Å². The van der Waals surface area contributed by atoms with E-state index in [4.69, 9.17) is 0 Å². The van der Waals surface area contributed by atoms with Crippen LogP contribution in [0.2, 0.25) is 0 Å². The van der Waals surface area contributed by atoms with Crippen LogP contribution in [-0.4, -0.2) is 17.5 Å². The van der Waals surface area contributed by atoms with Gasteiger partial charge in [0, 0.05) is 10.4 Å². The first-order valence-electron chi connectivity index (χ1n) is 7.36. The second-order valence-corrected chi connectivity index (χ2v) is 6.68. The van der Waals surface area contributed by atoms with Crippen LogP contribution < -0.4 is 10.1 Å². The standard InChI is InChI=1S/C16H16F2N2O2S/c1-9-2-7-12-13(8-9)23-16(19-12)20-14(21)10-3-5-11(6-4-10)22-15(17)18/h3-6,9,15H,2,7-8H2,1H3,(H,19,20,21)/t9-/m1/s1. The molecule has 2 aromatic rings. The Balaban J connectivity index is 1.67. The van der Waals surface area contributed by atoms with E-state index in [1.54, 1.807) is 0 Å². The van der Waals surface area contributed by atoms with Gasteiger partial charge in [0.15, 0.2) is 5.13 Å². The van der Waals surface area contributed by atoms with Gasteiger partial charge in [-0.2, -0.15) is 8.78 Å². The zero-order valence-electron chi connectivity index (χ0n) is 12.5. The second kappa shape index (κ2) is 6.62. The number of nitrogens with zero attached hydrogens (tertiary/aromatic N) is 1. The van der Waals surface area contributed by atoms with E-state index in [9.17, 15) is 13.6 Å². The van der Waals surface area contributed by atoms with Crippen molar-refractivity contribution in [3.8, 4) is 5.75 Å². The number of amides is 1. The van der Waals surface area contributed by atoms with Gasteiger partial charge in [0.25, 0.3) is 5.91 Å². The van der Waals surface area contributed by atoms with Gasteiger partial charge in [-0.1, -0.05) is 6.92 Å². The van der Waals surface area contributed by atoms with E-state index in [0.717, 1.165) is 25.0 Å². The Labute approximate surface area is 136 Å². The molecule has 0 fully saturated rings. The second-order valence-electron chi connectivity index (χ2n) is 5.59. The summed E-state index contributed by atoms with van der Waals surface area (Å²) < 4.78 is 28.5. The van der Waals surface area contributed by atoms with Crippen LogP contribution in [0, 0.1) is 5.92 Å². The van der Waals surface area contributed by atoms with Crippen LogP contribution in [0.25, 0.3) is 0 Å². The van der Waals surface area contributed by atoms with Gasteiger partial charge in [0.1, 0.15) is 5.75 Å². The molecule has 0 saturated heterocycles. The largest absolute Gasteiger partial charge is 0.435 e. The predicted molar refractivity (Wildman–Crippen MR) is 84.3 cm³/mol. The fraction of sp³-hybridized carbons (Fsp3) is 0.375. The lowest BCUT2D eigenvalue weighted by Gasteiger charge is -2.15. The van der Waals surface area contributed by atoms with Crippen LogP contribution in [-0.2, 0) is 12.8 Å². The highest BCUT2D eigenvalue weighted by Crippen LogP contribution is 2.32. The molecule has 1 aliphatic carbocycles. The van der Waals surface area contributed by atoms with Crippen molar-refractivity contribution in [3.05, 3.63) is 40.4 Å². The summed E-state index contributed by atoms with van der Waals surface area (Å²) in [6.07, 6.45) is 3.07. The first-order chi connectivity index (χ1) is 11.0. The summed E-state index contributed by atoms with van der Waals surface area (Å²) in [6.45, 7) is -0.664. The molecule has 3 rings (SSSR count). The Morgan fingerprint density at radius 1 is 1.39 bits per heavy atom. The van der Waals surface area contributed by atoms with Crippen LogP contribution in [0.5, 0.6) is 5.75 Å². The van der Waals surface area contributed by atoms with Gasteiger partial charge in [-0.25, -0.2) is 4.98 Å². The van der Waals surface area contributed by atoms with Crippen molar-refractivity contribution >= 4 is 22.4 Å². The summed E-state index contributed by atoms with van der Waals surface area (Å²) in [5.74, 6) is 0.358. The molecule has 0 aliphatic heterocycles. The van der Waals surface area contributed by atoms with Gasteiger partial charge >= 0.3 is 6.61 Å². The van der Waals surface area contributed by atoms with Crippen molar-refractivity contribution in [2.45, 2.75) is 32.8 Å². The first-order valence-corrected chi connectivity index (χ1v) is 8.17. The summed E-state index contributed by atoms with van der Waals surface area (Å²) in [6, 6.07) is 5.58. The van der Waals surface area contributed by atoms with Gasteiger partial charge in [-0.05, 0) is 49.4 Å². The van der Waals surface area contributed by atoms with Gasteiger partial charge in [-0.15, -0.1) is 11.3 Å². The number of aryl methyl sites for hydroxylation is 1. The number of halogens is 2. The molecular weight excluding hydrogens is 322 g/mol. The quantitative estimate of drug-likeness (QED) is 0.912. The first kappa shape index (κ1) is 15.9. The molecular formula is C16H16F2N2O2S. The lowest BCUT2D eigenvalue weighted by atomic mass is 9.93. The van der Waals surface area contributed by atoms with Crippen molar-refractivity contribution in [1.29, 1.82) is 0 Å². The maximum absolute atomic E-state index is 12.2. The SMILES string of the molecule is C[C@@H]1CCc2nc(NC(=O)c3ccc(OC(F)F)cc3)sc2C1. The molecule has 0 saturated carbocycles. The summed E-state index contributed by atoms with van der Waals surface area (Å²) in [4.78, 5) is 17.9. The van der Waals surface area contributed by atoms with Crippen molar-refractivity contribution in [3.63, 3.8) is 0 Å². The fourth-order valence-electron chi connectivity index (χ4n) is 2.55. The Hall–Kier alpha value is -2.02. The minimum Gasteiger partial charge on any atom is -0.435 e. The lowest BCUT2D eigenvalue weighted by molar-refractivity contribution is -0.0498. The van der Waals surface area contributed by atoms with Gasteiger partial charge in [-0.3, -0.25) is 10.1 Å². The number of aromatic nitrogens is 1. The third kappa shape index (κ3) is 3.85. The third-order valence-electron chi connectivity index (χ3n) is 3.75. The number of anilines is 1. The molecule has 1 N–H and O–H groups in total. The minimum atomic E-state index is -2.88.